The number of methoxy groups -OCH3 is 1. The van der Waals surface area contributed by atoms with E-state index < -0.39 is 65.1 Å². The Hall–Kier alpha value is -3.10. The van der Waals surface area contributed by atoms with E-state index in [0.717, 1.165) is 0 Å². The maximum absolute atomic E-state index is 13.8. The zero-order valence-electron chi connectivity index (χ0n) is 23.6. The summed E-state index contributed by atoms with van der Waals surface area (Å²) >= 11 is 0. The number of aromatic hydroxyl groups is 2. The van der Waals surface area contributed by atoms with E-state index in [2.05, 4.69) is 0 Å². The predicted molar refractivity (Wildman–Crippen MR) is 145 cm³/mol. The van der Waals surface area contributed by atoms with Gasteiger partial charge in [-0.05, 0) is 26.3 Å². The highest BCUT2D eigenvalue weighted by Crippen LogP contribution is 2.55. The maximum Gasteiger partial charge on any atom is 0.202 e. The number of benzene rings is 2. The van der Waals surface area contributed by atoms with Crippen LogP contribution in [0.25, 0.3) is 0 Å². The van der Waals surface area contributed by atoms with Gasteiger partial charge in [0.1, 0.15) is 22.8 Å². The van der Waals surface area contributed by atoms with Crippen molar-refractivity contribution in [2.45, 2.75) is 81.6 Å². The molecule has 2 aromatic carbocycles. The second-order valence-corrected chi connectivity index (χ2v) is 11.6. The van der Waals surface area contributed by atoms with E-state index in [-0.39, 0.29) is 58.4 Å². The lowest BCUT2D eigenvalue weighted by Crippen LogP contribution is -2.61. The Bertz CT molecular complexity index is 1440. The van der Waals surface area contributed by atoms with Gasteiger partial charge in [-0.1, -0.05) is 12.1 Å². The molecule has 2 heterocycles. The molecule has 0 amide bonds. The number of ketones is 2. The van der Waals surface area contributed by atoms with Crippen molar-refractivity contribution in [2.24, 2.45) is 5.73 Å². The Balaban J connectivity index is 1.52. The largest absolute Gasteiger partial charge is 0.507 e. The number of aliphatic hydroxyl groups is 2. The Kier molecular flexibility index (Phi) is 7.09. The molecule has 0 aromatic heterocycles. The zero-order valence-corrected chi connectivity index (χ0v) is 23.6. The Morgan fingerprint density at radius 1 is 1.05 bits per heavy atom. The van der Waals surface area contributed by atoms with Crippen LogP contribution in [0.3, 0.4) is 0 Å². The molecule has 12 nitrogen and oxygen atoms in total. The maximum atomic E-state index is 13.8. The molecule has 12 heteroatoms. The monoisotopic (exact) mass is 585 g/mol. The van der Waals surface area contributed by atoms with Crippen LogP contribution in [-0.4, -0.2) is 88.2 Å². The quantitative estimate of drug-likeness (QED) is 0.279. The lowest BCUT2D eigenvalue weighted by molar-refractivity contribution is -0.344. The van der Waals surface area contributed by atoms with E-state index in [1.165, 1.54) is 19.2 Å². The van der Waals surface area contributed by atoms with Gasteiger partial charge in [0.05, 0.1) is 55.3 Å². The number of fused-ring (bicyclic) bond motifs is 3. The summed E-state index contributed by atoms with van der Waals surface area (Å²) in [5.74, 6) is -3.86. The normalized spacial score (nSPS) is 32.1. The third-order valence-electron chi connectivity index (χ3n) is 9.03. The van der Waals surface area contributed by atoms with E-state index in [1.54, 1.807) is 19.9 Å². The third kappa shape index (κ3) is 4.24. The highest BCUT2D eigenvalue weighted by Gasteiger charge is 2.57. The fourth-order valence-electron chi connectivity index (χ4n) is 6.64. The molecule has 42 heavy (non-hydrogen) atoms. The third-order valence-corrected chi connectivity index (χ3v) is 9.03. The first-order valence-electron chi connectivity index (χ1n) is 14.0. The molecular formula is C30H35NO11. The van der Waals surface area contributed by atoms with Gasteiger partial charge in [0.15, 0.2) is 17.9 Å². The van der Waals surface area contributed by atoms with Gasteiger partial charge in [0.25, 0.3) is 0 Å². The lowest BCUT2D eigenvalue weighted by Gasteiger charge is -2.50. The van der Waals surface area contributed by atoms with Gasteiger partial charge in [-0.25, -0.2) is 0 Å². The Morgan fingerprint density at radius 2 is 1.74 bits per heavy atom. The van der Waals surface area contributed by atoms with Crippen molar-refractivity contribution >= 4 is 11.6 Å². The molecule has 0 radical (unpaired) electrons. The van der Waals surface area contributed by atoms with E-state index in [9.17, 15) is 30.0 Å². The number of carbonyl (C=O) groups excluding carboxylic acids is 2. The van der Waals surface area contributed by atoms with Crippen molar-refractivity contribution in [3.63, 3.8) is 0 Å². The van der Waals surface area contributed by atoms with Gasteiger partial charge in [0, 0.05) is 42.0 Å². The molecule has 4 aliphatic rings. The van der Waals surface area contributed by atoms with E-state index in [0.29, 0.717) is 19.6 Å². The Labute approximate surface area is 241 Å². The summed E-state index contributed by atoms with van der Waals surface area (Å²) in [5.41, 5.74) is 3.61. The molecule has 0 unspecified atom stereocenters. The van der Waals surface area contributed by atoms with Crippen molar-refractivity contribution < 1.29 is 53.7 Å². The second kappa shape index (κ2) is 10.3. The van der Waals surface area contributed by atoms with E-state index in [1.807, 2.05) is 0 Å². The van der Waals surface area contributed by atoms with Gasteiger partial charge in [-0.3, -0.25) is 9.59 Å². The molecule has 6 atom stereocenters. The molecule has 6 rings (SSSR count). The average molecular weight is 586 g/mol. The number of nitrogens with two attached hydrogens (primary N) is 1. The topological polar surface area (TPSA) is 187 Å². The first-order valence-corrected chi connectivity index (χ1v) is 14.0. The van der Waals surface area contributed by atoms with E-state index >= 15 is 0 Å². The highest BCUT2D eigenvalue weighted by molar-refractivity contribution is 6.31. The highest BCUT2D eigenvalue weighted by atomic mass is 16.7. The fourth-order valence-corrected chi connectivity index (χ4v) is 6.64. The van der Waals surface area contributed by atoms with Crippen molar-refractivity contribution in [2.75, 3.05) is 20.3 Å². The summed E-state index contributed by atoms with van der Waals surface area (Å²) in [4.78, 5) is 27.6. The number of hydrogen-bond acceptors (Lipinski definition) is 12. The van der Waals surface area contributed by atoms with Crippen molar-refractivity contribution in [3.8, 4) is 17.2 Å². The van der Waals surface area contributed by atoms with Gasteiger partial charge in [0.2, 0.25) is 5.78 Å². The van der Waals surface area contributed by atoms with Crippen LogP contribution in [0.2, 0.25) is 0 Å². The standard InChI is InChI=1S/C30H35NO11/c1-13-24(32)16(31)10-19(41-13)42-18-12-30(37,29(2)39-8-5-9-40-29)11-15-21(18)28(36)23-22(26(15)34)25(33)14-6-4-7-17(38-3)20(14)27(23)35/h4,6-7,13,16,18-19,24,32,34,36-37H,5,8-12,31H2,1-3H3/t13-,16-,18-,19-,24+,30-/m0/s1. The first kappa shape index (κ1) is 29.0. The summed E-state index contributed by atoms with van der Waals surface area (Å²) in [6.07, 6.45) is -3.47. The fraction of sp³-hybridized carbons (Fsp3) is 0.533. The van der Waals surface area contributed by atoms with Gasteiger partial charge < -0.3 is 49.8 Å². The minimum Gasteiger partial charge on any atom is -0.507 e. The molecule has 2 fully saturated rings. The van der Waals surface area contributed by atoms with Crippen LogP contribution in [0.1, 0.15) is 82.2 Å². The Morgan fingerprint density at radius 3 is 2.40 bits per heavy atom. The average Bonchev–Trinajstić information content (AvgIpc) is 2.96. The molecule has 2 aromatic rings. The van der Waals surface area contributed by atoms with Crippen molar-refractivity contribution in [3.05, 3.63) is 51.6 Å². The predicted octanol–water partition coefficient (Wildman–Crippen LogP) is 1.59. The summed E-state index contributed by atoms with van der Waals surface area (Å²) < 4.78 is 29.3. The van der Waals surface area contributed by atoms with Crippen LogP contribution in [0.4, 0.5) is 0 Å². The number of rotatable bonds is 4. The molecule has 0 saturated carbocycles. The molecule has 226 valence electrons. The van der Waals surface area contributed by atoms with Gasteiger partial charge in [-0.15, -0.1) is 0 Å². The number of hydrogen-bond donors (Lipinski definition) is 5. The zero-order chi connectivity index (χ0) is 30.1. The molecule has 0 spiro atoms. The summed E-state index contributed by atoms with van der Waals surface area (Å²) in [5, 5.41) is 45.8. The summed E-state index contributed by atoms with van der Waals surface area (Å²) in [6, 6.07) is 3.86. The molecule has 2 saturated heterocycles. The summed E-state index contributed by atoms with van der Waals surface area (Å²) in [7, 11) is 1.36. The number of ether oxygens (including phenoxy) is 5. The minimum absolute atomic E-state index is 0.0171. The first-order chi connectivity index (χ1) is 19.9. The molecule has 2 aliphatic carbocycles. The van der Waals surface area contributed by atoms with Crippen LogP contribution in [0.5, 0.6) is 17.2 Å². The minimum atomic E-state index is -1.80. The van der Waals surface area contributed by atoms with Crippen LogP contribution in [0, 0.1) is 0 Å². The van der Waals surface area contributed by atoms with Crippen LogP contribution < -0.4 is 10.5 Å². The van der Waals surface area contributed by atoms with Crippen molar-refractivity contribution in [1.82, 2.24) is 0 Å². The second-order valence-electron chi connectivity index (χ2n) is 11.6. The number of aliphatic hydroxyl groups excluding tert-OH is 1. The molecular weight excluding hydrogens is 550 g/mol. The summed E-state index contributed by atoms with van der Waals surface area (Å²) in [6.45, 7) is 3.87. The van der Waals surface area contributed by atoms with Gasteiger partial charge >= 0.3 is 0 Å². The number of phenolic OH excluding ortho intramolecular Hbond substituents is 2. The molecule has 6 N–H and O–H groups in total. The van der Waals surface area contributed by atoms with Gasteiger partial charge in [-0.2, -0.15) is 0 Å². The smallest absolute Gasteiger partial charge is 0.202 e. The van der Waals surface area contributed by atoms with Crippen LogP contribution >= 0.6 is 0 Å². The van der Waals surface area contributed by atoms with Crippen LogP contribution in [-0.2, 0) is 25.4 Å². The molecule has 2 aliphatic heterocycles. The number of phenols is 2. The molecule has 0 bridgehead atoms. The number of carbonyl (C=O) groups is 2. The van der Waals surface area contributed by atoms with Crippen LogP contribution in [0.15, 0.2) is 18.2 Å². The lowest BCUT2D eigenvalue weighted by atomic mass is 9.70. The van der Waals surface area contributed by atoms with E-state index in [4.69, 9.17) is 29.4 Å². The SMILES string of the molecule is COc1cccc2c1C(=O)c1c(O)c3c(c(O)c1C2=O)C[C@@](O)(C1(C)OCCCO1)C[C@@H]3O[C@H]1C[C@H](N)[C@H](O)[C@H](C)O1. The van der Waals surface area contributed by atoms with Crippen molar-refractivity contribution in [1.29, 1.82) is 0 Å².